The molecule has 1 amide bonds. The molecule has 0 bridgehead atoms. The fourth-order valence-corrected chi connectivity index (χ4v) is 1.29. The van der Waals surface area contributed by atoms with Crippen molar-refractivity contribution in [2.45, 2.75) is 32.8 Å². The highest BCUT2D eigenvalue weighted by Crippen LogP contribution is 2.09. The quantitative estimate of drug-likeness (QED) is 0.900. The summed E-state index contributed by atoms with van der Waals surface area (Å²) in [5.74, 6) is -0.590. The van der Waals surface area contributed by atoms with Crippen molar-refractivity contribution in [3.05, 3.63) is 23.8 Å². The van der Waals surface area contributed by atoms with Crippen molar-refractivity contribution in [1.82, 2.24) is 14.9 Å². The number of carbonyl (C=O) groups is 2. The molecule has 0 aliphatic rings. The number of aromatic nitrogens is 2. The first kappa shape index (κ1) is 15.9. The minimum absolute atomic E-state index is 0.0363. The number of hydrogen-bond donors (Lipinski definition) is 1. The molecule has 110 valence electrons. The number of ether oxygens (including phenoxy) is 1. The van der Waals surface area contributed by atoms with Crippen molar-refractivity contribution >= 4 is 12.1 Å². The first-order valence-corrected chi connectivity index (χ1v) is 6.17. The Balaban J connectivity index is 2.50. The summed E-state index contributed by atoms with van der Waals surface area (Å²) < 4.78 is 5.21. The fraction of sp³-hybridized carbons (Fsp3) is 0.538. The molecule has 0 saturated carbocycles. The SMILES string of the molecule is CN(CCc1ncc(C(=O)O)cn1)C(=O)OC(C)(C)C. The summed E-state index contributed by atoms with van der Waals surface area (Å²) >= 11 is 0. The number of aromatic carboxylic acids is 1. The van der Waals surface area contributed by atoms with Gasteiger partial charge in [-0.3, -0.25) is 0 Å². The van der Waals surface area contributed by atoms with Crippen molar-refractivity contribution in [2.75, 3.05) is 13.6 Å². The van der Waals surface area contributed by atoms with E-state index in [2.05, 4.69) is 9.97 Å². The van der Waals surface area contributed by atoms with E-state index in [4.69, 9.17) is 9.84 Å². The molecule has 0 aromatic carbocycles. The molecule has 20 heavy (non-hydrogen) atoms. The van der Waals surface area contributed by atoms with Crippen molar-refractivity contribution in [3.63, 3.8) is 0 Å². The van der Waals surface area contributed by atoms with Gasteiger partial charge in [-0.1, -0.05) is 0 Å². The number of nitrogens with zero attached hydrogens (tertiary/aromatic N) is 3. The van der Waals surface area contributed by atoms with E-state index in [-0.39, 0.29) is 5.56 Å². The Kier molecular flexibility index (Phi) is 5.01. The van der Waals surface area contributed by atoms with E-state index in [9.17, 15) is 9.59 Å². The highest BCUT2D eigenvalue weighted by molar-refractivity contribution is 5.86. The van der Waals surface area contributed by atoms with Gasteiger partial charge < -0.3 is 14.7 Å². The molecule has 7 nitrogen and oxygen atoms in total. The van der Waals surface area contributed by atoms with Gasteiger partial charge in [0.25, 0.3) is 0 Å². The Hall–Kier alpha value is -2.18. The average Bonchev–Trinajstić information content (AvgIpc) is 2.34. The number of rotatable bonds is 4. The largest absolute Gasteiger partial charge is 0.478 e. The average molecular weight is 281 g/mol. The predicted molar refractivity (Wildman–Crippen MR) is 71.6 cm³/mol. The van der Waals surface area contributed by atoms with Crippen LogP contribution in [0.25, 0.3) is 0 Å². The first-order chi connectivity index (χ1) is 9.19. The Morgan fingerprint density at radius 2 is 1.85 bits per heavy atom. The summed E-state index contributed by atoms with van der Waals surface area (Å²) in [6.07, 6.45) is 2.51. The normalized spacial score (nSPS) is 11.0. The lowest BCUT2D eigenvalue weighted by Gasteiger charge is -2.24. The second-order valence-electron chi connectivity index (χ2n) is 5.35. The summed E-state index contributed by atoms with van der Waals surface area (Å²) in [4.78, 5) is 31.7. The lowest BCUT2D eigenvalue weighted by atomic mass is 10.2. The Morgan fingerprint density at radius 3 is 2.30 bits per heavy atom. The van der Waals surface area contributed by atoms with Crippen LogP contribution in [0, 0.1) is 0 Å². The summed E-state index contributed by atoms with van der Waals surface area (Å²) in [6.45, 7) is 5.78. The van der Waals surface area contributed by atoms with E-state index < -0.39 is 17.7 Å². The topological polar surface area (TPSA) is 92.6 Å². The van der Waals surface area contributed by atoms with Crippen molar-refractivity contribution in [2.24, 2.45) is 0 Å². The molecule has 1 heterocycles. The van der Waals surface area contributed by atoms with E-state index in [0.29, 0.717) is 18.8 Å². The molecule has 0 saturated heterocycles. The number of hydrogen-bond acceptors (Lipinski definition) is 5. The van der Waals surface area contributed by atoms with Gasteiger partial charge in [0.2, 0.25) is 0 Å². The van der Waals surface area contributed by atoms with E-state index >= 15 is 0 Å². The van der Waals surface area contributed by atoms with Gasteiger partial charge in [0, 0.05) is 32.4 Å². The molecule has 1 aromatic rings. The summed E-state index contributed by atoms with van der Waals surface area (Å²) in [5, 5.41) is 8.73. The van der Waals surface area contributed by atoms with Gasteiger partial charge in [0.1, 0.15) is 11.4 Å². The molecule has 1 aromatic heterocycles. The number of carbonyl (C=O) groups excluding carboxylic acids is 1. The van der Waals surface area contributed by atoms with Gasteiger partial charge in [-0.05, 0) is 20.8 Å². The summed E-state index contributed by atoms with van der Waals surface area (Å²) in [5.41, 5.74) is -0.500. The van der Waals surface area contributed by atoms with Gasteiger partial charge >= 0.3 is 12.1 Å². The van der Waals surface area contributed by atoms with Gasteiger partial charge in [-0.15, -0.1) is 0 Å². The summed E-state index contributed by atoms with van der Waals surface area (Å²) in [7, 11) is 1.62. The second kappa shape index (κ2) is 6.31. The van der Waals surface area contributed by atoms with Gasteiger partial charge in [0.05, 0.1) is 5.56 Å². The molecule has 1 N–H and O–H groups in total. The van der Waals surface area contributed by atoms with Crippen molar-refractivity contribution in [3.8, 4) is 0 Å². The van der Waals surface area contributed by atoms with E-state index in [1.807, 2.05) is 0 Å². The zero-order valence-corrected chi connectivity index (χ0v) is 12.1. The smallest absolute Gasteiger partial charge is 0.410 e. The van der Waals surface area contributed by atoms with Crippen LogP contribution >= 0.6 is 0 Å². The molecule has 0 atom stereocenters. The minimum atomic E-state index is -1.07. The monoisotopic (exact) mass is 281 g/mol. The van der Waals surface area contributed by atoms with Gasteiger partial charge in [-0.25, -0.2) is 19.6 Å². The molecular weight excluding hydrogens is 262 g/mol. The van der Waals surface area contributed by atoms with Gasteiger partial charge in [-0.2, -0.15) is 0 Å². The van der Waals surface area contributed by atoms with Crippen molar-refractivity contribution < 1.29 is 19.4 Å². The Labute approximate surface area is 117 Å². The molecule has 0 radical (unpaired) electrons. The van der Waals surface area contributed by atoms with Crippen LogP contribution in [0.2, 0.25) is 0 Å². The third kappa shape index (κ3) is 5.21. The van der Waals surface area contributed by atoms with Crippen LogP contribution < -0.4 is 0 Å². The number of amides is 1. The molecule has 0 unspecified atom stereocenters. The molecule has 0 aliphatic heterocycles. The van der Waals surface area contributed by atoms with Crippen LogP contribution in [0.15, 0.2) is 12.4 Å². The molecule has 1 rings (SSSR count). The third-order valence-electron chi connectivity index (χ3n) is 2.33. The molecular formula is C13H19N3O4. The first-order valence-electron chi connectivity index (χ1n) is 6.17. The maximum atomic E-state index is 11.7. The number of carboxylic acid groups (broad SMARTS) is 1. The van der Waals surface area contributed by atoms with Crippen LogP contribution in [-0.2, 0) is 11.2 Å². The summed E-state index contributed by atoms with van der Waals surface area (Å²) in [6, 6.07) is 0. The molecule has 0 fully saturated rings. The van der Waals surface area contributed by atoms with E-state index in [0.717, 1.165) is 0 Å². The zero-order valence-electron chi connectivity index (χ0n) is 12.1. The highest BCUT2D eigenvalue weighted by atomic mass is 16.6. The fourth-order valence-electron chi connectivity index (χ4n) is 1.29. The van der Waals surface area contributed by atoms with Crippen molar-refractivity contribution in [1.29, 1.82) is 0 Å². The molecule has 0 spiro atoms. The zero-order chi connectivity index (χ0) is 15.3. The number of carboxylic acids is 1. The highest BCUT2D eigenvalue weighted by Gasteiger charge is 2.19. The maximum Gasteiger partial charge on any atom is 0.410 e. The number of likely N-dealkylation sites (N-methyl/N-ethyl adjacent to an activating group) is 1. The lowest BCUT2D eigenvalue weighted by molar-refractivity contribution is 0.0300. The molecule has 0 aliphatic carbocycles. The lowest BCUT2D eigenvalue weighted by Crippen LogP contribution is -2.35. The standard InChI is InChI=1S/C13H19N3O4/c1-13(2,3)20-12(19)16(4)6-5-10-14-7-9(8-15-10)11(17)18/h7-8H,5-6H2,1-4H3,(H,17,18). The molecule has 7 heteroatoms. The maximum absolute atomic E-state index is 11.7. The van der Waals surface area contributed by atoms with E-state index in [1.165, 1.54) is 17.3 Å². The third-order valence-corrected chi connectivity index (χ3v) is 2.33. The van der Waals surface area contributed by atoms with Crippen LogP contribution in [0.4, 0.5) is 4.79 Å². The Bertz CT molecular complexity index is 479. The van der Waals surface area contributed by atoms with E-state index in [1.54, 1.807) is 27.8 Å². The van der Waals surface area contributed by atoms with Crippen LogP contribution in [0.3, 0.4) is 0 Å². The minimum Gasteiger partial charge on any atom is -0.478 e. The second-order valence-corrected chi connectivity index (χ2v) is 5.35. The van der Waals surface area contributed by atoms with Crippen LogP contribution in [-0.4, -0.2) is 51.2 Å². The van der Waals surface area contributed by atoms with Gasteiger partial charge in [0.15, 0.2) is 0 Å². The predicted octanol–water partition coefficient (Wildman–Crippen LogP) is 1.58. The Morgan fingerprint density at radius 1 is 1.30 bits per heavy atom. The van der Waals surface area contributed by atoms with Crippen LogP contribution in [0.1, 0.15) is 37.0 Å². The van der Waals surface area contributed by atoms with Crippen LogP contribution in [0.5, 0.6) is 0 Å².